The SMILES string of the molecule is Bc1ccc(OC)c2c1=CCC(CC)=CN=2. The maximum absolute atomic E-state index is 5.35. The molecule has 0 saturated heterocycles. The molecule has 82 valence electrons. The lowest BCUT2D eigenvalue weighted by Crippen LogP contribution is -2.39. The van der Waals surface area contributed by atoms with Crippen molar-refractivity contribution in [3.8, 4) is 5.75 Å². The molecule has 0 aromatic heterocycles. The van der Waals surface area contributed by atoms with Crippen LogP contribution in [0.15, 0.2) is 28.9 Å². The van der Waals surface area contributed by atoms with Gasteiger partial charge in [0.25, 0.3) is 0 Å². The average molecular weight is 213 g/mol. The summed E-state index contributed by atoms with van der Waals surface area (Å²) >= 11 is 0. The fraction of sp³-hybridized carbons (Fsp3) is 0.308. The van der Waals surface area contributed by atoms with Crippen LogP contribution < -0.4 is 20.8 Å². The lowest BCUT2D eigenvalue weighted by Gasteiger charge is -2.02. The third kappa shape index (κ3) is 1.90. The molecule has 1 aliphatic rings. The van der Waals surface area contributed by atoms with Gasteiger partial charge in [0.2, 0.25) is 0 Å². The van der Waals surface area contributed by atoms with Crippen LogP contribution in [-0.2, 0) is 0 Å². The Morgan fingerprint density at radius 3 is 2.94 bits per heavy atom. The highest BCUT2D eigenvalue weighted by atomic mass is 16.5. The van der Waals surface area contributed by atoms with Gasteiger partial charge < -0.3 is 4.74 Å². The maximum atomic E-state index is 5.35. The number of methoxy groups -OCH3 is 1. The van der Waals surface area contributed by atoms with Crippen LogP contribution in [-0.4, -0.2) is 15.0 Å². The van der Waals surface area contributed by atoms with Gasteiger partial charge in [0.1, 0.15) is 19.0 Å². The van der Waals surface area contributed by atoms with Gasteiger partial charge in [-0.2, -0.15) is 0 Å². The number of nitrogens with zero attached hydrogens (tertiary/aromatic N) is 1. The Morgan fingerprint density at radius 1 is 1.44 bits per heavy atom. The summed E-state index contributed by atoms with van der Waals surface area (Å²) in [5.41, 5.74) is 2.61. The Balaban J connectivity index is 2.72. The van der Waals surface area contributed by atoms with Gasteiger partial charge in [0.15, 0.2) is 0 Å². The quantitative estimate of drug-likeness (QED) is 0.636. The van der Waals surface area contributed by atoms with Crippen molar-refractivity contribution in [2.75, 3.05) is 7.11 Å². The van der Waals surface area contributed by atoms with Crippen LogP contribution in [0.1, 0.15) is 19.8 Å². The molecular formula is C13H16BNO. The van der Waals surface area contributed by atoms with Crippen LogP contribution in [0, 0.1) is 0 Å². The van der Waals surface area contributed by atoms with Crippen molar-refractivity contribution in [2.45, 2.75) is 19.8 Å². The number of ether oxygens (including phenoxy) is 1. The normalized spacial score (nSPS) is 14.0. The first-order chi connectivity index (χ1) is 7.76. The second-order valence-corrected chi connectivity index (χ2v) is 4.03. The average Bonchev–Trinajstić information content (AvgIpc) is 2.53. The van der Waals surface area contributed by atoms with E-state index in [1.54, 1.807) is 7.11 Å². The molecule has 0 fully saturated rings. The molecule has 0 amide bonds. The first-order valence-corrected chi connectivity index (χ1v) is 5.65. The van der Waals surface area contributed by atoms with Crippen LogP contribution in [0.3, 0.4) is 0 Å². The molecule has 1 aromatic rings. The van der Waals surface area contributed by atoms with E-state index in [0.29, 0.717) is 0 Å². The van der Waals surface area contributed by atoms with E-state index in [4.69, 9.17) is 4.74 Å². The highest BCUT2D eigenvalue weighted by Crippen LogP contribution is 2.09. The lowest BCUT2D eigenvalue weighted by molar-refractivity contribution is 0.409. The first-order valence-electron chi connectivity index (χ1n) is 5.65. The Morgan fingerprint density at radius 2 is 2.25 bits per heavy atom. The van der Waals surface area contributed by atoms with Crippen molar-refractivity contribution in [3.05, 3.63) is 34.5 Å². The van der Waals surface area contributed by atoms with Crippen LogP contribution >= 0.6 is 0 Å². The van der Waals surface area contributed by atoms with E-state index in [1.165, 1.54) is 16.3 Å². The second kappa shape index (κ2) is 4.56. The Kier molecular flexibility index (Phi) is 3.13. The van der Waals surface area contributed by atoms with Crippen molar-refractivity contribution >= 4 is 19.4 Å². The van der Waals surface area contributed by atoms with E-state index < -0.39 is 0 Å². The molecule has 2 rings (SSSR count). The summed E-state index contributed by atoms with van der Waals surface area (Å²) in [5, 5.41) is 2.17. The van der Waals surface area contributed by atoms with Crippen molar-refractivity contribution in [2.24, 2.45) is 4.99 Å². The molecule has 0 aliphatic carbocycles. The molecule has 0 spiro atoms. The van der Waals surface area contributed by atoms with Crippen LogP contribution in [0.4, 0.5) is 0 Å². The first kappa shape index (κ1) is 11.0. The third-order valence-electron chi connectivity index (χ3n) is 3.02. The molecule has 3 heteroatoms. The van der Waals surface area contributed by atoms with Gasteiger partial charge in [0, 0.05) is 6.20 Å². The highest BCUT2D eigenvalue weighted by Gasteiger charge is 2.03. The standard InChI is InChI=1S/C13H16BNO/c1-3-9-4-5-10-11(14)6-7-12(16-2)13(10)15-8-9/h5-8H,3-4,14H2,1-2H3. The van der Waals surface area contributed by atoms with E-state index in [9.17, 15) is 0 Å². The molecule has 0 unspecified atom stereocenters. The van der Waals surface area contributed by atoms with Crippen molar-refractivity contribution < 1.29 is 4.74 Å². The number of fused-ring (bicyclic) bond motifs is 1. The number of rotatable bonds is 2. The monoisotopic (exact) mass is 213 g/mol. The van der Waals surface area contributed by atoms with Gasteiger partial charge in [-0.1, -0.05) is 24.5 Å². The molecule has 0 bridgehead atoms. The van der Waals surface area contributed by atoms with Crippen molar-refractivity contribution in [3.63, 3.8) is 0 Å². The fourth-order valence-electron chi connectivity index (χ4n) is 1.92. The maximum Gasteiger partial charge on any atom is 0.145 e. The molecule has 1 aliphatic heterocycles. The molecule has 1 aromatic carbocycles. The summed E-state index contributed by atoms with van der Waals surface area (Å²) in [6, 6.07) is 4.07. The summed E-state index contributed by atoms with van der Waals surface area (Å²) in [4.78, 5) is 4.55. The molecule has 1 heterocycles. The lowest BCUT2D eigenvalue weighted by atomic mass is 9.92. The van der Waals surface area contributed by atoms with Gasteiger partial charge >= 0.3 is 0 Å². The topological polar surface area (TPSA) is 21.6 Å². The highest BCUT2D eigenvalue weighted by molar-refractivity contribution is 6.32. The zero-order chi connectivity index (χ0) is 11.5. The summed E-state index contributed by atoms with van der Waals surface area (Å²) in [6.07, 6.45) is 6.26. The van der Waals surface area contributed by atoms with E-state index in [0.717, 1.165) is 23.9 Å². The summed E-state index contributed by atoms with van der Waals surface area (Å²) < 4.78 is 5.35. The number of benzene rings is 1. The van der Waals surface area contributed by atoms with Crippen LogP contribution in [0.2, 0.25) is 0 Å². The predicted molar refractivity (Wildman–Crippen MR) is 69.4 cm³/mol. The molecule has 0 atom stereocenters. The van der Waals surface area contributed by atoms with E-state index >= 15 is 0 Å². The van der Waals surface area contributed by atoms with E-state index in [-0.39, 0.29) is 0 Å². The van der Waals surface area contributed by atoms with Gasteiger partial charge in [0.05, 0.1) is 7.11 Å². The molecule has 2 nitrogen and oxygen atoms in total. The minimum absolute atomic E-state index is 0.852. The van der Waals surface area contributed by atoms with E-state index in [1.807, 2.05) is 12.3 Å². The third-order valence-corrected chi connectivity index (χ3v) is 3.02. The molecule has 0 radical (unpaired) electrons. The zero-order valence-electron chi connectivity index (χ0n) is 10.1. The molecular weight excluding hydrogens is 197 g/mol. The largest absolute Gasteiger partial charge is 0.494 e. The second-order valence-electron chi connectivity index (χ2n) is 4.03. The number of allylic oxidation sites excluding steroid dienone is 1. The van der Waals surface area contributed by atoms with Crippen molar-refractivity contribution in [1.29, 1.82) is 0 Å². The van der Waals surface area contributed by atoms with Gasteiger partial charge in [-0.05, 0) is 29.7 Å². The summed E-state index contributed by atoms with van der Waals surface area (Å²) in [7, 11) is 3.80. The van der Waals surface area contributed by atoms with Crippen molar-refractivity contribution in [1.82, 2.24) is 0 Å². The van der Waals surface area contributed by atoms with Gasteiger partial charge in [-0.25, -0.2) is 0 Å². The number of hydrogen-bond acceptors (Lipinski definition) is 2. The smallest absolute Gasteiger partial charge is 0.145 e. The molecule has 0 saturated carbocycles. The summed E-state index contributed by atoms with van der Waals surface area (Å²) in [6.45, 7) is 2.16. The van der Waals surface area contributed by atoms with Crippen LogP contribution in [0.25, 0.3) is 6.08 Å². The Bertz CT molecular complexity index is 546. The van der Waals surface area contributed by atoms with Crippen LogP contribution in [0.5, 0.6) is 5.75 Å². The Labute approximate surface area is 96.8 Å². The van der Waals surface area contributed by atoms with Gasteiger partial charge in [-0.15, -0.1) is 0 Å². The molecule has 16 heavy (non-hydrogen) atoms. The number of hydrogen-bond donors (Lipinski definition) is 0. The Hall–Kier alpha value is -1.51. The minimum Gasteiger partial charge on any atom is -0.494 e. The molecule has 0 N–H and O–H groups in total. The minimum atomic E-state index is 0.852. The van der Waals surface area contributed by atoms with E-state index in [2.05, 4.69) is 31.9 Å². The summed E-state index contributed by atoms with van der Waals surface area (Å²) in [5.74, 6) is 0.852. The zero-order valence-corrected chi connectivity index (χ0v) is 10.1. The fourth-order valence-corrected chi connectivity index (χ4v) is 1.92. The van der Waals surface area contributed by atoms with Gasteiger partial charge in [-0.3, -0.25) is 4.99 Å². The predicted octanol–water partition coefficient (Wildman–Crippen LogP) is 0.0513.